The molecule has 1 aliphatic carbocycles. The molecule has 4 heteroatoms. The van der Waals surface area contributed by atoms with E-state index in [2.05, 4.69) is 39.9 Å². The number of allylic oxidation sites excluding steroid dienone is 2. The zero-order chi connectivity index (χ0) is 16.5. The van der Waals surface area contributed by atoms with Crippen molar-refractivity contribution in [3.63, 3.8) is 0 Å². The lowest BCUT2D eigenvalue weighted by Gasteiger charge is -2.38. The van der Waals surface area contributed by atoms with E-state index in [1.807, 2.05) is 31.3 Å². The number of benzene rings is 1. The summed E-state index contributed by atoms with van der Waals surface area (Å²) in [6, 6.07) is 10.3. The number of amides is 1. The van der Waals surface area contributed by atoms with Gasteiger partial charge in [-0.2, -0.15) is 0 Å². The predicted molar refractivity (Wildman–Crippen MR) is 95.0 cm³/mol. The van der Waals surface area contributed by atoms with Gasteiger partial charge in [0.25, 0.3) is 5.91 Å². The van der Waals surface area contributed by atoms with E-state index in [4.69, 9.17) is 0 Å². The molecule has 2 aromatic rings. The third kappa shape index (κ3) is 2.39. The summed E-state index contributed by atoms with van der Waals surface area (Å²) in [6.07, 6.45) is 9.31. The van der Waals surface area contributed by atoms with E-state index in [1.165, 1.54) is 11.1 Å². The Morgan fingerprint density at radius 1 is 1.33 bits per heavy atom. The van der Waals surface area contributed by atoms with Crippen LogP contribution in [0.15, 0.2) is 54.9 Å². The van der Waals surface area contributed by atoms with Crippen molar-refractivity contribution in [3.05, 3.63) is 71.6 Å². The second kappa shape index (κ2) is 6.11. The predicted octanol–water partition coefficient (Wildman–Crippen LogP) is 3.66. The summed E-state index contributed by atoms with van der Waals surface area (Å²) in [7, 11) is 0. The second-order valence-corrected chi connectivity index (χ2v) is 6.39. The zero-order valence-corrected chi connectivity index (χ0v) is 13.7. The maximum Gasteiger partial charge on any atom is 0.253 e. The molecule has 3 unspecified atom stereocenters. The summed E-state index contributed by atoms with van der Waals surface area (Å²) in [5.41, 5.74) is 4.08. The first kappa shape index (κ1) is 14.9. The van der Waals surface area contributed by atoms with Gasteiger partial charge < -0.3 is 10.6 Å². The highest BCUT2D eigenvalue weighted by Crippen LogP contribution is 2.50. The van der Waals surface area contributed by atoms with Crippen molar-refractivity contribution in [1.82, 2.24) is 10.3 Å². The van der Waals surface area contributed by atoms with Gasteiger partial charge in [0.1, 0.15) is 0 Å². The minimum atomic E-state index is -0.0211. The number of carbonyl (C=O) groups excluding carboxylic acids is 1. The first-order chi connectivity index (χ1) is 11.8. The van der Waals surface area contributed by atoms with Gasteiger partial charge in [0, 0.05) is 24.9 Å². The van der Waals surface area contributed by atoms with Crippen molar-refractivity contribution in [2.24, 2.45) is 5.92 Å². The molecule has 4 rings (SSSR count). The van der Waals surface area contributed by atoms with E-state index in [0.29, 0.717) is 18.4 Å². The average molecular weight is 319 g/mol. The van der Waals surface area contributed by atoms with Crippen molar-refractivity contribution >= 4 is 11.6 Å². The number of nitrogens with one attached hydrogen (secondary N) is 2. The van der Waals surface area contributed by atoms with Gasteiger partial charge in [-0.15, -0.1) is 0 Å². The highest BCUT2D eigenvalue weighted by Gasteiger charge is 2.39. The fraction of sp³-hybridized carbons (Fsp3) is 0.300. The molecule has 0 saturated carbocycles. The molecule has 0 fully saturated rings. The van der Waals surface area contributed by atoms with Gasteiger partial charge >= 0.3 is 0 Å². The molecular weight excluding hydrogens is 298 g/mol. The molecule has 2 heterocycles. The number of fused-ring (bicyclic) bond motifs is 3. The maximum atomic E-state index is 12.5. The highest BCUT2D eigenvalue weighted by atomic mass is 16.1. The molecule has 0 bridgehead atoms. The maximum absolute atomic E-state index is 12.5. The van der Waals surface area contributed by atoms with Gasteiger partial charge in [-0.05, 0) is 42.5 Å². The number of para-hydroxylation sites is 1. The first-order valence-electron chi connectivity index (χ1n) is 8.54. The monoisotopic (exact) mass is 319 g/mol. The SMILES string of the molecule is CCNC(=O)c1cccc2c1NC(c1cccnc1)C1CC=CC21. The number of aromatic nitrogens is 1. The lowest BCUT2D eigenvalue weighted by Crippen LogP contribution is -2.32. The van der Waals surface area contributed by atoms with Crippen molar-refractivity contribution in [2.45, 2.75) is 25.3 Å². The molecule has 1 aromatic carbocycles. The Morgan fingerprint density at radius 2 is 2.25 bits per heavy atom. The topological polar surface area (TPSA) is 54.0 Å². The Bertz CT molecular complexity index is 785. The Hall–Kier alpha value is -2.62. The quantitative estimate of drug-likeness (QED) is 0.849. The molecule has 1 aromatic heterocycles. The number of anilines is 1. The van der Waals surface area contributed by atoms with E-state index in [-0.39, 0.29) is 11.9 Å². The normalized spacial score (nSPS) is 24.0. The van der Waals surface area contributed by atoms with Gasteiger partial charge in [-0.1, -0.05) is 30.4 Å². The summed E-state index contributed by atoms with van der Waals surface area (Å²) in [4.78, 5) is 16.7. The number of nitrogens with zero attached hydrogens (tertiary/aromatic N) is 1. The van der Waals surface area contributed by atoms with Crippen molar-refractivity contribution in [2.75, 3.05) is 11.9 Å². The van der Waals surface area contributed by atoms with Crippen LogP contribution in [-0.4, -0.2) is 17.4 Å². The second-order valence-electron chi connectivity index (χ2n) is 6.39. The highest BCUT2D eigenvalue weighted by molar-refractivity contribution is 6.00. The Labute approximate surface area is 142 Å². The van der Waals surface area contributed by atoms with Crippen molar-refractivity contribution < 1.29 is 4.79 Å². The first-order valence-corrected chi connectivity index (χ1v) is 8.54. The molecule has 1 aliphatic heterocycles. The Kier molecular flexibility index (Phi) is 3.81. The molecule has 24 heavy (non-hydrogen) atoms. The molecule has 122 valence electrons. The fourth-order valence-electron chi connectivity index (χ4n) is 3.96. The van der Waals surface area contributed by atoms with Crippen molar-refractivity contribution in [3.8, 4) is 0 Å². The van der Waals surface area contributed by atoms with Gasteiger partial charge in [0.05, 0.1) is 17.3 Å². The fourth-order valence-corrected chi connectivity index (χ4v) is 3.96. The molecule has 2 N–H and O–H groups in total. The van der Waals surface area contributed by atoms with E-state index in [9.17, 15) is 4.79 Å². The van der Waals surface area contributed by atoms with Crippen LogP contribution in [0.25, 0.3) is 0 Å². The lowest BCUT2D eigenvalue weighted by atomic mass is 9.76. The van der Waals surface area contributed by atoms with Gasteiger partial charge in [0.2, 0.25) is 0 Å². The number of hydrogen-bond acceptors (Lipinski definition) is 3. The minimum absolute atomic E-state index is 0.0211. The number of pyridine rings is 1. The molecule has 0 spiro atoms. The molecule has 0 saturated heterocycles. The van der Waals surface area contributed by atoms with Crippen LogP contribution in [0.5, 0.6) is 0 Å². The average Bonchev–Trinajstić information content (AvgIpc) is 3.11. The smallest absolute Gasteiger partial charge is 0.253 e. The molecule has 1 amide bonds. The molecule has 2 aliphatic rings. The summed E-state index contributed by atoms with van der Waals surface area (Å²) < 4.78 is 0. The summed E-state index contributed by atoms with van der Waals surface area (Å²) in [6.45, 7) is 2.56. The van der Waals surface area contributed by atoms with E-state index in [0.717, 1.165) is 17.7 Å². The third-order valence-corrected chi connectivity index (χ3v) is 5.02. The largest absolute Gasteiger partial charge is 0.377 e. The molecular formula is C20H21N3O. The van der Waals surface area contributed by atoms with Crippen LogP contribution >= 0.6 is 0 Å². The van der Waals surface area contributed by atoms with E-state index >= 15 is 0 Å². The Morgan fingerprint density at radius 3 is 3.04 bits per heavy atom. The van der Waals surface area contributed by atoms with Crippen molar-refractivity contribution in [1.29, 1.82) is 0 Å². The van der Waals surface area contributed by atoms with Crippen LogP contribution in [0.1, 0.15) is 46.8 Å². The van der Waals surface area contributed by atoms with Crippen LogP contribution in [0.3, 0.4) is 0 Å². The van der Waals surface area contributed by atoms with Crippen LogP contribution in [0.4, 0.5) is 5.69 Å². The van der Waals surface area contributed by atoms with Gasteiger partial charge in [0.15, 0.2) is 0 Å². The molecule has 0 radical (unpaired) electrons. The molecule has 3 atom stereocenters. The lowest BCUT2D eigenvalue weighted by molar-refractivity contribution is 0.0956. The van der Waals surface area contributed by atoms with Gasteiger partial charge in [-0.3, -0.25) is 9.78 Å². The number of carbonyl (C=O) groups is 1. The van der Waals surface area contributed by atoms with Crippen LogP contribution < -0.4 is 10.6 Å². The summed E-state index contributed by atoms with van der Waals surface area (Å²) in [5, 5.41) is 6.57. The number of rotatable bonds is 3. The van der Waals surface area contributed by atoms with Crippen LogP contribution in [0.2, 0.25) is 0 Å². The molecule has 4 nitrogen and oxygen atoms in total. The van der Waals surface area contributed by atoms with Crippen LogP contribution in [0, 0.1) is 5.92 Å². The van der Waals surface area contributed by atoms with Crippen LogP contribution in [-0.2, 0) is 0 Å². The van der Waals surface area contributed by atoms with E-state index in [1.54, 1.807) is 6.20 Å². The summed E-state index contributed by atoms with van der Waals surface area (Å²) >= 11 is 0. The van der Waals surface area contributed by atoms with E-state index < -0.39 is 0 Å². The van der Waals surface area contributed by atoms with Gasteiger partial charge in [-0.25, -0.2) is 0 Å². The standard InChI is InChI=1S/C20H21N3O/c1-2-22-20(24)17-10-4-9-16-14-7-3-8-15(14)18(23-19(16)17)13-6-5-11-21-12-13/h3-7,9-12,14-15,18,23H,2,8H2,1H3,(H,22,24). The summed E-state index contributed by atoms with van der Waals surface area (Å²) in [5.74, 6) is 0.791. The minimum Gasteiger partial charge on any atom is -0.377 e. The third-order valence-electron chi connectivity index (χ3n) is 5.02. The zero-order valence-electron chi connectivity index (χ0n) is 13.7. The number of hydrogen-bond donors (Lipinski definition) is 2. The Balaban J connectivity index is 1.80.